The summed E-state index contributed by atoms with van der Waals surface area (Å²) in [5.41, 5.74) is 7.73. The number of carbonyl (C=O) groups is 2. The zero-order chi connectivity index (χ0) is 21.5. The fourth-order valence-corrected chi connectivity index (χ4v) is 3.74. The lowest BCUT2D eigenvalue weighted by molar-refractivity contribution is -0.119. The number of nitrogens with one attached hydrogen (secondary N) is 1. The number of nitrogens with zero attached hydrogens (tertiary/aromatic N) is 1. The van der Waals surface area contributed by atoms with E-state index >= 15 is 0 Å². The van der Waals surface area contributed by atoms with Gasteiger partial charge >= 0.3 is 0 Å². The third-order valence-corrected chi connectivity index (χ3v) is 5.28. The summed E-state index contributed by atoms with van der Waals surface area (Å²) >= 11 is 6.24. The number of primary amides is 1. The first kappa shape index (κ1) is 21.9. The molecule has 2 aromatic carbocycles. The highest BCUT2D eigenvalue weighted by molar-refractivity contribution is 6.32. The van der Waals surface area contributed by atoms with Gasteiger partial charge in [-0.1, -0.05) is 35.9 Å². The summed E-state index contributed by atoms with van der Waals surface area (Å²) in [6.45, 7) is 3.18. The monoisotopic (exact) mass is 431 g/mol. The Morgan fingerprint density at radius 2 is 1.87 bits per heavy atom. The molecule has 0 saturated carbocycles. The molecule has 30 heavy (non-hydrogen) atoms. The van der Waals surface area contributed by atoms with Gasteiger partial charge in [0.1, 0.15) is 0 Å². The van der Waals surface area contributed by atoms with Gasteiger partial charge in [-0.15, -0.1) is 0 Å². The zero-order valence-corrected chi connectivity index (χ0v) is 17.7. The van der Waals surface area contributed by atoms with Crippen molar-refractivity contribution >= 4 is 23.4 Å². The molecule has 160 valence electrons. The second kappa shape index (κ2) is 10.3. The summed E-state index contributed by atoms with van der Waals surface area (Å²) in [6.07, 6.45) is 2.47. The Morgan fingerprint density at radius 1 is 1.17 bits per heavy atom. The van der Waals surface area contributed by atoms with Crippen molar-refractivity contribution in [3.63, 3.8) is 0 Å². The maximum atomic E-state index is 12.7. The normalized spacial score (nSPS) is 13.8. The average molecular weight is 432 g/mol. The van der Waals surface area contributed by atoms with Gasteiger partial charge in [-0.3, -0.25) is 14.5 Å². The highest BCUT2D eigenvalue weighted by atomic mass is 35.5. The maximum Gasteiger partial charge on any atom is 0.255 e. The van der Waals surface area contributed by atoms with Gasteiger partial charge in [0.25, 0.3) is 11.8 Å². The molecule has 2 amide bonds. The molecule has 0 unspecified atom stereocenters. The number of ether oxygens (including phenoxy) is 2. The molecule has 1 aliphatic heterocycles. The van der Waals surface area contributed by atoms with Gasteiger partial charge in [0.2, 0.25) is 0 Å². The minimum Gasteiger partial charge on any atom is -0.493 e. The smallest absolute Gasteiger partial charge is 0.255 e. The number of rotatable bonds is 9. The molecule has 0 spiro atoms. The van der Waals surface area contributed by atoms with E-state index in [1.54, 1.807) is 0 Å². The van der Waals surface area contributed by atoms with Gasteiger partial charge in [0.15, 0.2) is 18.1 Å². The Kier molecular flexibility index (Phi) is 7.54. The Labute approximate surface area is 181 Å². The number of carbonyl (C=O) groups excluding carboxylic acids is 2. The lowest BCUT2D eigenvalue weighted by Crippen LogP contribution is -2.25. The fraction of sp³-hybridized carbons (Fsp3) is 0.364. The molecule has 0 radical (unpaired) electrons. The minimum atomic E-state index is -0.637. The average Bonchev–Trinajstić information content (AvgIpc) is 3.24. The molecule has 1 saturated heterocycles. The number of hydrogen-bond acceptors (Lipinski definition) is 5. The highest BCUT2D eigenvalue weighted by Gasteiger charge is 2.18. The van der Waals surface area contributed by atoms with Crippen molar-refractivity contribution in [2.45, 2.75) is 25.9 Å². The third kappa shape index (κ3) is 5.64. The van der Waals surface area contributed by atoms with Crippen LogP contribution in [0.5, 0.6) is 11.5 Å². The van der Waals surface area contributed by atoms with Crippen LogP contribution in [-0.2, 0) is 17.9 Å². The van der Waals surface area contributed by atoms with E-state index in [1.165, 1.54) is 37.6 Å². The van der Waals surface area contributed by atoms with Crippen LogP contribution < -0.4 is 20.5 Å². The molecule has 0 atom stereocenters. The first-order valence-electron chi connectivity index (χ1n) is 9.84. The second-order valence-electron chi connectivity index (χ2n) is 7.18. The largest absolute Gasteiger partial charge is 0.493 e. The quantitative estimate of drug-likeness (QED) is 0.636. The van der Waals surface area contributed by atoms with Gasteiger partial charge in [0, 0.05) is 18.7 Å². The summed E-state index contributed by atoms with van der Waals surface area (Å²) in [7, 11) is 1.43. The maximum absolute atomic E-state index is 12.7. The Bertz CT molecular complexity index is 913. The number of amides is 2. The molecular formula is C22H26ClN3O4. The summed E-state index contributed by atoms with van der Waals surface area (Å²) in [6, 6.07) is 11.1. The van der Waals surface area contributed by atoms with E-state index < -0.39 is 5.91 Å². The van der Waals surface area contributed by atoms with E-state index in [4.69, 9.17) is 26.8 Å². The minimum absolute atomic E-state index is 0.162. The molecule has 1 aliphatic rings. The number of likely N-dealkylation sites (tertiary alicyclic amines) is 1. The SMILES string of the molecule is COc1cc(C(=O)NCc2ccccc2CN2CCCC2)cc(Cl)c1OCC(N)=O. The van der Waals surface area contributed by atoms with Gasteiger partial charge in [-0.2, -0.15) is 0 Å². The van der Waals surface area contributed by atoms with Gasteiger partial charge < -0.3 is 20.5 Å². The van der Waals surface area contributed by atoms with Gasteiger partial charge in [-0.05, 0) is 49.2 Å². The van der Waals surface area contributed by atoms with E-state index in [2.05, 4.69) is 16.3 Å². The molecule has 0 bridgehead atoms. The van der Waals surface area contributed by atoms with Crippen LogP contribution in [0.4, 0.5) is 0 Å². The van der Waals surface area contributed by atoms with Crippen LogP contribution in [0.25, 0.3) is 0 Å². The molecule has 1 heterocycles. The predicted molar refractivity (Wildman–Crippen MR) is 115 cm³/mol. The van der Waals surface area contributed by atoms with E-state index in [0.717, 1.165) is 25.2 Å². The van der Waals surface area contributed by atoms with Crippen LogP contribution in [0.1, 0.15) is 34.3 Å². The third-order valence-electron chi connectivity index (χ3n) is 5.00. The van der Waals surface area contributed by atoms with Crippen molar-refractivity contribution in [3.8, 4) is 11.5 Å². The lowest BCUT2D eigenvalue weighted by Gasteiger charge is -2.18. The van der Waals surface area contributed by atoms with Crippen molar-refractivity contribution in [3.05, 3.63) is 58.1 Å². The van der Waals surface area contributed by atoms with Crippen LogP contribution in [-0.4, -0.2) is 43.5 Å². The molecular weight excluding hydrogens is 406 g/mol. The Morgan fingerprint density at radius 3 is 2.53 bits per heavy atom. The number of benzene rings is 2. The fourth-order valence-electron chi connectivity index (χ4n) is 3.48. The Hall–Kier alpha value is -2.77. The van der Waals surface area contributed by atoms with Crippen LogP contribution in [0, 0.1) is 0 Å². The molecule has 0 aromatic heterocycles. The summed E-state index contributed by atoms with van der Waals surface area (Å²) in [5, 5.41) is 3.10. The van der Waals surface area contributed by atoms with Gasteiger partial charge in [0.05, 0.1) is 12.1 Å². The van der Waals surface area contributed by atoms with Crippen molar-refractivity contribution in [2.75, 3.05) is 26.8 Å². The van der Waals surface area contributed by atoms with Crippen molar-refractivity contribution in [1.82, 2.24) is 10.2 Å². The number of hydrogen-bond donors (Lipinski definition) is 2. The molecule has 2 aromatic rings. The first-order valence-corrected chi connectivity index (χ1v) is 10.2. The highest BCUT2D eigenvalue weighted by Crippen LogP contribution is 2.36. The van der Waals surface area contributed by atoms with E-state index in [0.29, 0.717) is 12.1 Å². The first-order chi connectivity index (χ1) is 14.5. The van der Waals surface area contributed by atoms with Crippen LogP contribution >= 0.6 is 11.6 Å². The molecule has 0 aliphatic carbocycles. The summed E-state index contributed by atoms with van der Waals surface area (Å²) < 4.78 is 10.6. The molecule has 3 rings (SSSR count). The van der Waals surface area contributed by atoms with E-state index in [-0.39, 0.29) is 29.0 Å². The molecule has 1 fully saturated rings. The van der Waals surface area contributed by atoms with Crippen LogP contribution in [0.2, 0.25) is 5.02 Å². The molecule has 3 N–H and O–H groups in total. The van der Waals surface area contributed by atoms with E-state index in [1.807, 2.05) is 18.2 Å². The second-order valence-corrected chi connectivity index (χ2v) is 7.59. The predicted octanol–water partition coefficient (Wildman–Crippen LogP) is 2.74. The molecule has 7 nitrogen and oxygen atoms in total. The number of methoxy groups -OCH3 is 1. The number of nitrogens with two attached hydrogens (primary N) is 1. The zero-order valence-electron chi connectivity index (χ0n) is 16.9. The van der Waals surface area contributed by atoms with Crippen molar-refractivity contribution in [2.24, 2.45) is 5.73 Å². The molecule has 8 heteroatoms. The van der Waals surface area contributed by atoms with Crippen molar-refractivity contribution < 1.29 is 19.1 Å². The lowest BCUT2D eigenvalue weighted by atomic mass is 10.1. The standard InChI is InChI=1S/C22H26ClN3O4/c1-29-19-11-17(10-18(23)21(19)30-14-20(24)27)22(28)25-12-15-6-2-3-7-16(15)13-26-8-4-5-9-26/h2-3,6-7,10-11H,4-5,8-9,12-14H2,1H3,(H2,24,27)(H,25,28). The van der Waals surface area contributed by atoms with Crippen molar-refractivity contribution in [1.29, 1.82) is 0 Å². The summed E-state index contributed by atoms with van der Waals surface area (Å²) in [4.78, 5) is 26.1. The summed E-state index contributed by atoms with van der Waals surface area (Å²) in [5.74, 6) is -0.496. The Balaban J connectivity index is 1.69. The van der Waals surface area contributed by atoms with Crippen LogP contribution in [0.3, 0.4) is 0 Å². The number of halogens is 1. The van der Waals surface area contributed by atoms with Crippen LogP contribution in [0.15, 0.2) is 36.4 Å². The van der Waals surface area contributed by atoms with Gasteiger partial charge in [-0.25, -0.2) is 0 Å². The topological polar surface area (TPSA) is 93.9 Å². The van der Waals surface area contributed by atoms with E-state index in [9.17, 15) is 9.59 Å².